The number of fused-ring (bicyclic) bond motifs is 1. The number of nitrogen functional groups attached to an aromatic ring is 1. The van der Waals surface area contributed by atoms with E-state index in [1.54, 1.807) is 0 Å². The van der Waals surface area contributed by atoms with Gasteiger partial charge in [-0.25, -0.2) is 0 Å². The van der Waals surface area contributed by atoms with Crippen LogP contribution >= 0.6 is 0 Å². The highest BCUT2D eigenvalue weighted by molar-refractivity contribution is 5.75. The van der Waals surface area contributed by atoms with Crippen molar-refractivity contribution in [3.63, 3.8) is 0 Å². The zero-order valence-electron chi connectivity index (χ0n) is 10.7. The van der Waals surface area contributed by atoms with Crippen LogP contribution in [0.4, 0.5) is 6.01 Å². The molecule has 0 aliphatic carbocycles. The summed E-state index contributed by atoms with van der Waals surface area (Å²) in [6.45, 7) is 5.11. The molecule has 1 aliphatic rings. The third-order valence-electron chi connectivity index (χ3n) is 3.16. The maximum Gasteiger partial charge on any atom is 0.292 e. The number of aromatic nitrogens is 1. The first-order chi connectivity index (χ1) is 9.31. The van der Waals surface area contributed by atoms with Crippen molar-refractivity contribution < 1.29 is 13.9 Å². The third kappa shape index (κ3) is 2.97. The van der Waals surface area contributed by atoms with Gasteiger partial charge in [0, 0.05) is 25.7 Å². The van der Waals surface area contributed by atoms with Crippen molar-refractivity contribution in [3.8, 4) is 5.75 Å². The molecule has 2 aromatic rings. The predicted octanol–water partition coefficient (Wildman–Crippen LogP) is 1.12. The molecule has 0 unspecified atom stereocenters. The van der Waals surface area contributed by atoms with Gasteiger partial charge in [0.05, 0.1) is 13.2 Å². The Kier molecular flexibility index (Phi) is 3.52. The summed E-state index contributed by atoms with van der Waals surface area (Å²) in [5.74, 6) is 0.775. The van der Waals surface area contributed by atoms with Crippen LogP contribution < -0.4 is 10.5 Å². The van der Waals surface area contributed by atoms with E-state index in [0.29, 0.717) is 12.2 Å². The number of hydrogen-bond donors (Lipinski definition) is 1. The normalized spacial score (nSPS) is 16.8. The van der Waals surface area contributed by atoms with Crippen molar-refractivity contribution in [1.82, 2.24) is 9.88 Å². The molecular weight excluding hydrogens is 246 g/mol. The molecule has 102 valence electrons. The van der Waals surface area contributed by atoms with Crippen LogP contribution in [-0.4, -0.2) is 49.3 Å². The summed E-state index contributed by atoms with van der Waals surface area (Å²) >= 11 is 0. The highest BCUT2D eigenvalue weighted by Crippen LogP contribution is 2.22. The Balaban J connectivity index is 1.55. The molecule has 1 aromatic carbocycles. The maximum atomic E-state index is 5.72. The van der Waals surface area contributed by atoms with Crippen LogP contribution in [0.1, 0.15) is 0 Å². The summed E-state index contributed by atoms with van der Waals surface area (Å²) in [7, 11) is 0. The number of hydrogen-bond acceptors (Lipinski definition) is 6. The van der Waals surface area contributed by atoms with E-state index in [9.17, 15) is 0 Å². The summed E-state index contributed by atoms with van der Waals surface area (Å²) < 4.78 is 16.3. The molecule has 0 saturated carbocycles. The third-order valence-corrected chi connectivity index (χ3v) is 3.16. The molecule has 2 heterocycles. The minimum absolute atomic E-state index is 0.181. The Morgan fingerprint density at radius 2 is 2.16 bits per heavy atom. The highest BCUT2D eigenvalue weighted by Gasteiger charge is 2.10. The lowest BCUT2D eigenvalue weighted by Gasteiger charge is -2.26. The molecule has 1 aliphatic heterocycles. The largest absolute Gasteiger partial charge is 0.492 e. The Morgan fingerprint density at radius 1 is 1.32 bits per heavy atom. The predicted molar refractivity (Wildman–Crippen MR) is 71.2 cm³/mol. The van der Waals surface area contributed by atoms with E-state index >= 15 is 0 Å². The monoisotopic (exact) mass is 263 g/mol. The van der Waals surface area contributed by atoms with Crippen LogP contribution in [0.2, 0.25) is 0 Å². The molecular formula is C13H17N3O3. The topological polar surface area (TPSA) is 73.8 Å². The summed E-state index contributed by atoms with van der Waals surface area (Å²) in [5, 5.41) is 0. The molecule has 6 nitrogen and oxygen atoms in total. The van der Waals surface area contributed by atoms with Crippen LogP contribution in [0.15, 0.2) is 22.6 Å². The second-order valence-corrected chi connectivity index (χ2v) is 4.48. The molecule has 19 heavy (non-hydrogen) atoms. The van der Waals surface area contributed by atoms with Gasteiger partial charge in [0.2, 0.25) is 0 Å². The van der Waals surface area contributed by atoms with E-state index in [-0.39, 0.29) is 6.01 Å². The quantitative estimate of drug-likeness (QED) is 0.891. The van der Waals surface area contributed by atoms with Crippen molar-refractivity contribution >= 4 is 17.1 Å². The molecule has 1 saturated heterocycles. The average Bonchev–Trinajstić information content (AvgIpc) is 2.79. The van der Waals surface area contributed by atoms with Crippen LogP contribution in [0.5, 0.6) is 5.75 Å². The van der Waals surface area contributed by atoms with Crippen molar-refractivity contribution in [2.75, 3.05) is 45.2 Å². The lowest BCUT2D eigenvalue weighted by atomic mass is 10.3. The number of anilines is 1. The highest BCUT2D eigenvalue weighted by atomic mass is 16.5. The number of oxazole rings is 1. The standard InChI is InChI=1S/C13H17N3O3/c14-13-15-11-2-1-10(9-12(11)19-13)18-8-5-16-3-6-17-7-4-16/h1-2,9H,3-8H2,(H2,14,15). The van der Waals surface area contributed by atoms with Gasteiger partial charge in [-0.15, -0.1) is 0 Å². The molecule has 1 fully saturated rings. The van der Waals surface area contributed by atoms with E-state index in [2.05, 4.69) is 9.88 Å². The second kappa shape index (κ2) is 5.46. The van der Waals surface area contributed by atoms with Gasteiger partial charge < -0.3 is 19.6 Å². The summed E-state index contributed by atoms with van der Waals surface area (Å²) in [6.07, 6.45) is 0. The first-order valence-corrected chi connectivity index (χ1v) is 6.40. The molecule has 0 amide bonds. The van der Waals surface area contributed by atoms with Crippen LogP contribution in [0.3, 0.4) is 0 Å². The fourth-order valence-corrected chi connectivity index (χ4v) is 2.13. The number of morpholine rings is 1. The Labute approximate surface area is 111 Å². The number of rotatable bonds is 4. The minimum atomic E-state index is 0.181. The van der Waals surface area contributed by atoms with E-state index in [1.165, 1.54) is 0 Å². The number of nitrogens with two attached hydrogens (primary N) is 1. The van der Waals surface area contributed by atoms with Gasteiger partial charge >= 0.3 is 0 Å². The molecule has 1 aromatic heterocycles. The fourth-order valence-electron chi connectivity index (χ4n) is 2.13. The fraction of sp³-hybridized carbons (Fsp3) is 0.462. The van der Waals surface area contributed by atoms with E-state index in [0.717, 1.165) is 44.1 Å². The minimum Gasteiger partial charge on any atom is -0.492 e. The van der Waals surface area contributed by atoms with Gasteiger partial charge in [0.1, 0.15) is 17.9 Å². The van der Waals surface area contributed by atoms with Crippen molar-refractivity contribution in [2.45, 2.75) is 0 Å². The molecule has 2 N–H and O–H groups in total. The van der Waals surface area contributed by atoms with Gasteiger partial charge in [-0.3, -0.25) is 4.90 Å². The second-order valence-electron chi connectivity index (χ2n) is 4.48. The Morgan fingerprint density at radius 3 is 3.00 bits per heavy atom. The van der Waals surface area contributed by atoms with Gasteiger partial charge in [-0.05, 0) is 12.1 Å². The van der Waals surface area contributed by atoms with Gasteiger partial charge in [0.25, 0.3) is 6.01 Å². The van der Waals surface area contributed by atoms with Crippen LogP contribution in [-0.2, 0) is 4.74 Å². The van der Waals surface area contributed by atoms with E-state index < -0.39 is 0 Å². The number of nitrogens with zero attached hydrogens (tertiary/aromatic N) is 2. The maximum absolute atomic E-state index is 5.72. The van der Waals surface area contributed by atoms with Crippen LogP contribution in [0.25, 0.3) is 11.1 Å². The zero-order chi connectivity index (χ0) is 13.1. The molecule has 0 atom stereocenters. The van der Waals surface area contributed by atoms with Gasteiger partial charge in [-0.2, -0.15) is 4.98 Å². The number of ether oxygens (including phenoxy) is 2. The summed E-state index contributed by atoms with van der Waals surface area (Å²) in [6, 6.07) is 5.72. The summed E-state index contributed by atoms with van der Waals surface area (Å²) in [4.78, 5) is 6.37. The zero-order valence-corrected chi connectivity index (χ0v) is 10.7. The van der Waals surface area contributed by atoms with Gasteiger partial charge in [-0.1, -0.05) is 0 Å². The van der Waals surface area contributed by atoms with Crippen molar-refractivity contribution in [3.05, 3.63) is 18.2 Å². The lowest BCUT2D eigenvalue weighted by molar-refractivity contribution is 0.0322. The molecule has 0 radical (unpaired) electrons. The molecule has 3 rings (SSSR count). The smallest absolute Gasteiger partial charge is 0.292 e. The summed E-state index contributed by atoms with van der Waals surface area (Å²) in [5.41, 5.74) is 6.90. The average molecular weight is 263 g/mol. The first kappa shape index (κ1) is 12.3. The first-order valence-electron chi connectivity index (χ1n) is 6.40. The molecule has 0 spiro atoms. The Bertz CT molecular complexity index is 549. The molecule has 6 heteroatoms. The van der Waals surface area contributed by atoms with Crippen LogP contribution in [0, 0.1) is 0 Å². The SMILES string of the molecule is Nc1nc2ccc(OCCN3CCOCC3)cc2o1. The van der Waals surface area contributed by atoms with Gasteiger partial charge in [0.15, 0.2) is 5.58 Å². The number of benzene rings is 1. The van der Waals surface area contributed by atoms with E-state index in [1.807, 2.05) is 18.2 Å². The van der Waals surface area contributed by atoms with Crippen molar-refractivity contribution in [2.24, 2.45) is 0 Å². The Hall–Kier alpha value is -1.79. The van der Waals surface area contributed by atoms with E-state index in [4.69, 9.17) is 19.6 Å². The molecule has 0 bridgehead atoms. The van der Waals surface area contributed by atoms with Crippen molar-refractivity contribution in [1.29, 1.82) is 0 Å². The lowest BCUT2D eigenvalue weighted by Crippen LogP contribution is -2.38.